The Balaban J connectivity index is 1.49. The molecule has 3 rings (SSSR count). The van der Waals surface area contributed by atoms with Crippen molar-refractivity contribution in [1.29, 1.82) is 0 Å². The average Bonchev–Trinajstić information content (AvgIpc) is 2.57. The Morgan fingerprint density at radius 1 is 1.23 bits per heavy atom. The number of carbonyl (C=O) groups excluding carboxylic acids is 1. The van der Waals surface area contributed by atoms with Crippen LogP contribution in [0.25, 0.3) is 0 Å². The number of hydrogen-bond donors (Lipinski definition) is 1. The van der Waals surface area contributed by atoms with E-state index in [2.05, 4.69) is 15.1 Å². The van der Waals surface area contributed by atoms with E-state index in [9.17, 15) is 9.59 Å². The molecule has 1 aromatic rings. The summed E-state index contributed by atoms with van der Waals surface area (Å²) in [6.45, 7) is 6.30. The molecule has 7 heteroatoms. The monoisotopic (exact) mass is 306 g/mol. The summed E-state index contributed by atoms with van der Waals surface area (Å²) >= 11 is 0. The summed E-state index contributed by atoms with van der Waals surface area (Å²) in [5, 5.41) is 6.13. The third-order valence-corrected chi connectivity index (χ3v) is 4.42. The number of nitrogens with zero attached hydrogens (tertiary/aromatic N) is 3. The number of H-pyrrole nitrogens is 1. The molecule has 2 aliphatic rings. The van der Waals surface area contributed by atoms with Crippen LogP contribution >= 0.6 is 0 Å². The molecule has 1 amide bonds. The normalized spacial score (nSPS) is 21.0. The standard InChI is InChI=1S/C15H22N4O3/c20-14-2-1-13(16-17-14)15(21)19-5-3-12(4-6-19)11-18-7-9-22-10-8-18/h1-2,12H,3-11H2,(H,17,20). The second-order valence-electron chi connectivity index (χ2n) is 5.95. The summed E-state index contributed by atoms with van der Waals surface area (Å²) in [7, 11) is 0. The van der Waals surface area contributed by atoms with Gasteiger partial charge in [0.05, 0.1) is 13.2 Å². The molecule has 7 nitrogen and oxygen atoms in total. The maximum Gasteiger partial charge on any atom is 0.274 e. The highest BCUT2D eigenvalue weighted by Crippen LogP contribution is 2.20. The molecule has 0 aromatic carbocycles. The predicted octanol–water partition coefficient (Wildman–Crippen LogP) is -0.0457. The fourth-order valence-electron chi connectivity index (χ4n) is 3.09. The van der Waals surface area contributed by atoms with E-state index in [1.165, 1.54) is 12.1 Å². The van der Waals surface area contributed by atoms with Crippen LogP contribution in [0.2, 0.25) is 0 Å². The largest absolute Gasteiger partial charge is 0.379 e. The number of likely N-dealkylation sites (tertiary alicyclic amines) is 1. The van der Waals surface area contributed by atoms with Crippen molar-refractivity contribution >= 4 is 5.91 Å². The van der Waals surface area contributed by atoms with E-state index in [0.717, 1.165) is 58.8 Å². The first-order valence-corrected chi connectivity index (χ1v) is 7.87. The van der Waals surface area contributed by atoms with Gasteiger partial charge in [0.2, 0.25) is 0 Å². The lowest BCUT2D eigenvalue weighted by Gasteiger charge is -2.35. The highest BCUT2D eigenvalue weighted by Gasteiger charge is 2.26. The van der Waals surface area contributed by atoms with Gasteiger partial charge in [-0.3, -0.25) is 14.5 Å². The topological polar surface area (TPSA) is 78.5 Å². The van der Waals surface area contributed by atoms with E-state index in [-0.39, 0.29) is 11.5 Å². The lowest BCUT2D eigenvalue weighted by atomic mass is 9.96. The number of rotatable bonds is 3. The zero-order valence-electron chi connectivity index (χ0n) is 12.7. The van der Waals surface area contributed by atoms with Crippen molar-refractivity contribution < 1.29 is 9.53 Å². The van der Waals surface area contributed by atoms with Gasteiger partial charge >= 0.3 is 0 Å². The quantitative estimate of drug-likeness (QED) is 0.847. The fraction of sp³-hybridized carbons (Fsp3) is 0.667. The average molecular weight is 306 g/mol. The number of hydrogen-bond acceptors (Lipinski definition) is 5. The molecule has 0 saturated carbocycles. The van der Waals surface area contributed by atoms with Gasteiger partial charge in [0, 0.05) is 38.8 Å². The van der Waals surface area contributed by atoms with E-state index in [1.807, 2.05) is 4.90 Å². The second-order valence-corrected chi connectivity index (χ2v) is 5.95. The number of ether oxygens (including phenoxy) is 1. The van der Waals surface area contributed by atoms with E-state index in [1.54, 1.807) is 0 Å². The van der Waals surface area contributed by atoms with Crippen LogP contribution in [-0.2, 0) is 4.74 Å². The fourth-order valence-corrected chi connectivity index (χ4v) is 3.09. The van der Waals surface area contributed by atoms with E-state index < -0.39 is 0 Å². The molecule has 1 N–H and O–H groups in total. The molecule has 1 aromatic heterocycles. The van der Waals surface area contributed by atoms with Gasteiger partial charge in [0.15, 0.2) is 0 Å². The van der Waals surface area contributed by atoms with Gasteiger partial charge in [-0.2, -0.15) is 5.10 Å². The number of piperidine rings is 1. The summed E-state index contributed by atoms with van der Waals surface area (Å²) < 4.78 is 5.37. The van der Waals surface area contributed by atoms with Crippen LogP contribution < -0.4 is 5.56 Å². The van der Waals surface area contributed by atoms with Crippen molar-refractivity contribution in [2.45, 2.75) is 12.8 Å². The molecule has 0 bridgehead atoms. The molecular formula is C15H22N4O3. The molecule has 2 fully saturated rings. The number of nitrogens with one attached hydrogen (secondary N) is 1. The van der Waals surface area contributed by atoms with Crippen LogP contribution in [-0.4, -0.2) is 71.8 Å². The Hall–Kier alpha value is -1.73. The molecule has 0 radical (unpaired) electrons. The van der Waals surface area contributed by atoms with Crippen LogP contribution in [0.1, 0.15) is 23.3 Å². The predicted molar refractivity (Wildman–Crippen MR) is 80.7 cm³/mol. The molecular weight excluding hydrogens is 284 g/mol. The van der Waals surface area contributed by atoms with Crippen molar-refractivity contribution in [3.05, 3.63) is 28.2 Å². The van der Waals surface area contributed by atoms with E-state index >= 15 is 0 Å². The second kappa shape index (κ2) is 7.02. The minimum atomic E-state index is -0.291. The minimum Gasteiger partial charge on any atom is -0.379 e. The van der Waals surface area contributed by atoms with Gasteiger partial charge in [-0.1, -0.05) is 0 Å². The van der Waals surface area contributed by atoms with Gasteiger partial charge in [-0.05, 0) is 24.8 Å². The SMILES string of the molecule is O=C(c1ccc(=O)[nH]n1)N1CCC(CN2CCOCC2)CC1. The Bertz CT molecular complexity index is 540. The molecule has 0 unspecified atom stereocenters. The molecule has 3 heterocycles. The Morgan fingerprint density at radius 2 is 1.95 bits per heavy atom. The van der Waals surface area contributed by atoms with Crippen LogP contribution in [0.15, 0.2) is 16.9 Å². The summed E-state index contributed by atoms with van der Waals surface area (Å²) in [5.41, 5.74) is 0.0204. The first-order chi connectivity index (χ1) is 10.7. The molecule has 0 aliphatic carbocycles. The molecule has 2 saturated heterocycles. The summed E-state index contributed by atoms with van der Waals surface area (Å²) in [4.78, 5) is 27.6. The van der Waals surface area contributed by atoms with E-state index in [4.69, 9.17) is 4.74 Å². The van der Waals surface area contributed by atoms with Crippen molar-refractivity contribution in [1.82, 2.24) is 20.0 Å². The number of aromatic amines is 1. The Labute approximate surface area is 129 Å². The van der Waals surface area contributed by atoms with Crippen LogP contribution in [0.5, 0.6) is 0 Å². The summed E-state index contributed by atoms with van der Waals surface area (Å²) in [6, 6.07) is 2.83. The van der Waals surface area contributed by atoms with Crippen molar-refractivity contribution in [3.63, 3.8) is 0 Å². The maximum atomic E-state index is 12.3. The van der Waals surface area contributed by atoms with Gasteiger partial charge in [0.25, 0.3) is 11.5 Å². The maximum absolute atomic E-state index is 12.3. The van der Waals surface area contributed by atoms with Gasteiger partial charge in [-0.15, -0.1) is 0 Å². The Morgan fingerprint density at radius 3 is 2.59 bits per heavy atom. The molecule has 120 valence electrons. The molecule has 0 spiro atoms. The first kappa shape index (κ1) is 15.2. The minimum absolute atomic E-state index is 0.0962. The molecule has 0 atom stereocenters. The lowest BCUT2D eigenvalue weighted by molar-refractivity contribution is 0.0242. The first-order valence-electron chi connectivity index (χ1n) is 7.87. The number of amides is 1. The number of morpholine rings is 1. The molecule has 22 heavy (non-hydrogen) atoms. The zero-order valence-corrected chi connectivity index (χ0v) is 12.7. The number of carbonyl (C=O) groups is 1. The zero-order chi connectivity index (χ0) is 15.4. The summed E-state index contributed by atoms with van der Waals surface area (Å²) in [5.74, 6) is 0.548. The smallest absolute Gasteiger partial charge is 0.274 e. The summed E-state index contributed by atoms with van der Waals surface area (Å²) in [6.07, 6.45) is 2.04. The van der Waals surface area contributed by atoms with Crippen molar-refractivity contribution in [2.24, 2.45) is 5.92 Å². The highest BCUT2D eigenvalue weighted by molar-refractivity contribution is 5.92. The van der Waals surface area contributed by atoms with Gasteiger partial charge in [0.1, 0.15) is 5.69 Å². The van der Waals surface area contributed by atoms with Crippen LogP contribution in [0, 0.1) is 5.92 Å². The van der Waals surface area contributed by atoms with Crippen LogP contribution in [0.4, 0.5) is 0 Å². The highest BCUT2D eigenvalue weighted by atomic mass is 16.5. The third kappa shape index (κ3) is 3.72. The van der Waals surface area contributed by atoms with Crippen LogP contribution in [0.3, 0.4) is 0 Å². The van der Waals surface area contributed by atoms with Gasteiger partial charge in [-0.25, -0.2) is 5.10 Å². The third-order valence-electron chi connectivity index (χ3n) is 4.42. The van der Waals surface area contributed by atoms with E-state index in [0.29, 0.717) is 11.6 Å². The van der Waals surface area contributed by atoms with Crippen molar-refractivity contribution in [2.75, 3.05) is 45.9 Å². The lowest BCUT2D eigenvalue weighted by Crippen LogP contribution is -2.44. The molecule has 2 aliphatic heterocycles. The number of aromatic nitrogens is 2. The van der Waals surface area contributed by atoms with Crippen molar-refractivity contribution in [3.8, 4) is 0 Å². The van der Waals surface area contributed by atoms with Gasteiger partial charge < -0.3 is 9.64 Å². The Kier molecular flexibility index (Phi) is 4.84.